The minimum Gasteiger partial charge on any atom is -0.457 e. The van der Waals surface area contributed by atoms with Gasteiger partial charge in [0.2, 0.25) is 0 Å². The zero-order valence-corrected chi connectivity index (χ0v) is 28.1. The smallest absolute Gasteiger partial charge is 0.407 e. The molecule has 0 aliphatic carbocycles. The van der Waals surface area contributed by atoms with Crippen LogP contribution in [0.4, 0.5) is 4.79 Å². The highest BCUT2D eigenvalue weighted by molar-refractivity contribution is 5.70. The fraction of sp³-hybridized carbons (Fsp3) is 0.765. The van der Waals surface area contributed by atoms with Crippen LogP contribution in [0, 0.1) is 17.8 Å². The average Bonchev–Trinajstić information content (AvgIpc) is 3.72. The highest BCUT2D eigenvalue weighted by atomic mass is 16.6. The lowest BCUT2D eigenvalue weighted by Gasteiger charge is -2.32. The lowest BCUT2D eigenvalue weighted by atomic mass is 9.88. The van der Waals surface area contributed by atoms with Gasteiger partial charge in [-0.15, -0.1) is 0 Å². The summed E-state index contributed by atoms with van der Waals surface area (Å²) in [5.41, 5.74) is -0.648. The van der Waals surface area contributed by atoms with Crippen molar-refractivity contribution in [1.82, 2.24) is 10.2 Å². The number of esters is 1. The summed E-state index contributed by atoms with van der Waals surface area (Å²) in [6.45, 7) is 12.7. The molecule has 0 spiro atoms. The largest absolute Gasteiger partial charge is 0.457 e. The van der Waals surface area contributed by atoms with Crippen molar-refractivity contribution in [3.8, 4) is 0 Å². The summed E-state index contributed by atoms with van der Waals surface area (Å²) in [5.74, 6) is -0.461. The fourth-order valence-corrected chi connectivity index (χ4v) is 5.53. The van der Waals surface area contributed by atoms with Gasteiger partial charge in [0.15, 0.2) is 6.10 Å². The predicted octanol–water partition coefficient (Wildman–Crippen LogP) is 4.14. The summed E-state index contributed by atoms with van der Waals surface area (Å²) in [7, 11) is 3.92. The van der Waals surface area contributed by atoms with Gasteiger partial charge in [0.25, 0.3) is 0 Å². The van der Waals surface area contributed by atoms with Gasteiger partial charge in [-0.05, 0) is 84.2 Å². The molecule has 10 unspecified atom stereocenters. The average molecular weight is 623 g/mol. The molecule has 1 amide bonds. The molecule has 10 nitrogen and oxygen atoms in total. The molecule has 2 aliphatic heterocycles. The van der Waals surface area contributed by atoms with Gasteiger partial charge >= 0.3 is 12.1 Å². The summed E-state index contributed by atoms with van der Waals surface area (Å²) in [6.07, 6.45) is 8.45. The van der Waals surface area contributed by atoms with Crippen molar-refractivity contribution in [2.75, 3.05) is 27.2 Å². The zero-order chi connectivity index (χ0) is 33.0. The van der Waals surface area contributed by atoms with E-state index in [9.17, 15) is 24.9 Å². The van der Waals surface area contributed by atoms with E-state index in [1.54, 1.807) is 19.1 Å². The highest BCUT2D eigenvalue weighted by Gasteiger charge is 2.45. The van der Waals surface area contributed by atoms with Gasteiger partial charge in [-0.2, -0.15) is 0 Å². The Labute approximate surface area is 264 Å². The lowest BCUT2D eigenvalue weighted by molar-refractivity contribution is -0.151. The summed E-state index contributed by atoms with van der Waals surface area (Å²) in [5, 5.41) is 34.6. The number of hydrogen-bond donors (Lipinski definition) is 4. The van der Waals surface area contributed by atoms with E-state index in [4.69, 9.17) is 14.2 Å². The third kappa shape index (κ3) is 13.0. The van der Waals surface area contributed by atoms with E-state index in [0.717, 1.165) is 25.0 Å². The minimum absolute atomic E-state index is 0.0967. The SMILES string of the molecule is CCC(O)C(C)C1OC1CC(C)/C=C/C=C(\C)C1OC(=O)CC(O)CCC(C)(O)C(OC(=O)NCCCN(C)C)/C=C\C1C. The number of rotatable bonds is 13. The Balaban J connectivity index is 2.12. The van der Waals surface area contributed by atoms with Crippen LogP contribution in [0.15, 0.2) is 36.0 Å². The number of ether oxygens (including phenoxy) is 3. The van der Waals surface area contributed by atoms with E-state index in [1.165, 1.54) is 0 Å². The summed E-state index contributed by atoms with van der Waals surface area (Å²) in [4.78, 5) is 27.3. The Morgan fingerprint density at radius 2 is 2.00 bits per heavy atom. The Morgan fingerprint density at radius 3 is 2.66 bits per heavy atom. The molecule has 0 radical (unpaired) electrons. The predicted molar refractivity (Wildman–Crippen MR) is 171 cm³/mol. The molecule has 252 valence electrons. The second-order valence-corrected chi connectivity index (χ2v) is 13.3. The molecule has 2 aliphatic rings. The number of allylic oxidation sites excluding steroid dienone is 3. The van der Waals surface area contributed by atoms with Crippen molar-refractivity contribution in [3.63, 3.8) is 0 Å². The van der Waals surface area contributed by atoms with Crippen molar-refractivity contribution in [2.24, 2.45) is 17.8 Å². The van der Waals surface area contributed by atoms with Crippen LogP contribution >= 0.6 is 0 Å². The zero-order valence-electron chi connectivity index (χ0n) is 28.1. The summed E-state index contributed by atoms with van der Waals surface area (Å²) < 4.78 is 17.3. The number of nitrogens with one attached hydrogen (secondary N) is 1. The molecule has 0 aromatic heterocycles. The Morgan fingerprint density at radius 1 is 1.30 bits per heavy atom. The molecular weight excluding hydrogens is 564 g/mol. The molecule has 1 fully saturated rings. The van der Waals surface area contributed by atoms with Gasteiger partial charge in [-0.3, -0.25) is 4.79 Å². The number of alkyl carbamates (subject to hydrolysis) is 1. The van der Waals surface area contributed by atoms with E-state index in [0.29, 0.717) is 13.0 Å². The van der Waals surface area contributed by atoms with Crippen molar-refractivity contribution in [1.29, 1.82) is 0 Å². The normalized spacial score (nSPS) is 33.1. The van der Waals surface area contributed by atoms with Crippen LogP contribution in [0.2, 0.25) is 0 Å². The second kappa shape index (κ2) is 18.0. The maximum absolute atomic E-state index is 12.7. The maximum Gasteiger partial charge on any atom is 0.407 e. The highest BCUT2D eigenvalue weighted by Crippen LogP contribution is 2.36. The third-order valence-corrected chi connectivity index (χ3v) is 8.63. The van der Waals surface area contributed by atoms with Gasteiger partial charge < -0.3 is 39.7 Å². The van der Waals surface area contributed by atoms with Gasteiger partial charge in [0.05, 0.1) is 30.8 Å². The standard InChI is InChI=1S/C34H58N2O8/c1-9-27(38)25(5)32-28(42-32)20-22(2)12-10-13-23(3)31-24(4)14-15-29(43-33(40)35-18-11-19-36(7)8)34(6,41)17-16-26(37)21-30(39)44-31/h10,12-15,22,24-29,31-32,37-38,41H,9,11,16-21H2,1-8H3,(H,35,40)/b12-10+,15-14-,23-13+. The van der Waals surface area contributed by atoms with Crippen LogP contribution in [0.5, 0.6) is 0 Å². The van der Waals surface area contributed by atoms with Crippen LogP contribution in [0.3, 0.4) is 0 Å². The number of carbonyl (C=O) groups is 2. The molecule has 10 heteroatoms. The van der Waals surface area contributed by atoms with Gasteiger partial charge in [-0.1, -0.05) is 52.0 Å². The number of aliphatic hydroxyl groups is 3. The van der Waals surface area contributed by atoms with Crippen LogP contribution in [0.1, 0.15) is 80.1 Å². The quantitative estimate of drug-likeness (QED) is 0.0784. The Bertz CT molecular complexity index is 994. The topological polar surface area (TPSA) is 141 Å². The first-order valence-corrected chi connectivity index (χ1v) is 16.2. The summed E-state index contributed by atoms with van der Waals surface area (Å²) in [6, 6.07) is 0. The van der Waals surface area contributed by atoms with Crippen molar-refractivity contribution < 1.29 is 39.1 Å². The van der Waals surface area contributed by atoms with Gasteiger partial charge in [-0.25, -0.2) is 4.79 Å². The van der Waals surface area contributed by atoms with E-state index in [1.807, 2.05) is 58.8 Å². The number of nitrogens with zero attached hydrogens (tertiary/aromatic N) is 1. The number of cyclic esters (lactones) is 1. The summed E-state index contributed by atoms with van der Waals surface area (Å²) >= 11 is 0. The minimum atomic E-state index is -1.46. The molecule has 2 rings (SSSR count). The van der Waals surface area contributed by atoms with E-state index in [2.05, 4.69) is 18.3 Å². The first-order chi connectivity index (χ1) is 20.6. The molecule has 44 heavy (non-hydrogen) atoms. The van der Waals surface area contributed by atoms with Gasteiger partial charge in [0, 0.05) is 18.4 Å². The molecule has 2 heterocycles. The molecule has 4 N–H and O–H groups in total. The molecule has 1 saturated heterocycles. The van der Waals surface area contributed by atoms with Crippen LogP contribution in [-0.4, -0.2) is 102 Å². The van der Waals surface area contributed by atoms with E-state index in [-0.39, 0.29) is 55.3 Å². The van der Waals surface area contributed by atoms with Crippen LogP contribution < -0.4 is 5.32 Å². The van der Waals surface area contributed by atoms with Crippen molar-refractivity contribution >= 4 is 12.1 Å². The molecule has 0 aromatic rings. The maximum atomic E-state index is 12.7. The first-order valence-electron chi connectivity index (χ1n) is 16.2. The molecule has 0 aromatic carbocycles. The number of amides is 1. The fourth-order valence-electron chi connectivity index (χ4n) is 5.53. The number of carbonyl (C=O) groups excluding carboxylic acids is 2. The first kappa shape index (κ1) is 37.9. The van der Waals surface area contributed by atoms with E-state index >= 15 is 0 Å². The molecule has 10 atom stereocenters. The monoisotopic (exact) mass is 622 g/mol. The van der Waals surface area contributed by atoms with Crippen LogP contribution in [-0.2, 0) is 19.0 Å². The second-order valence-electron chi connectivity index (χ2n) is 13.3. The van der Waals surface area contributed by atoms with Crippen molar-refractivity contribution in [2.45, 2.75) is 122 Å². The molecule has 0 bridgehead atoms. The number of epoxide rings is 1. The van der Waals surface area contributed by atoms with Crippen LogP contribution in [0.25, 0.3) is 0 Å². The van der Waals surface area contributed by atoms with E-state index < -0.39 is 36.0 Å². The van der Waals surface area contributed by atoms with Gasteiger partial charge in [0.1, 0.15) is 11.7 Å². The third-order valence-electron chi connectivity index (χ3n) is 8.63. The number of aliphatic hydroxyl groups excluding tert-OH is 2. The molecular formula is C34H58N2O8. The van der Waals surface area contributed by atoms with Crippen molar-refractivity contribution in [3.05, 3.63) is 36.0 Å². The molecule has 0 saturated carbocycles. The Kier molecular flexibility index (Phi) is 15.6. The Hall–Kier alpha value is -2.24. The lowest BCUT2D eigenvalue weighted by Crippen LogP contribution is -2.44. The number of hydrogen-bond acceptors (Lipinski definition) is 9.